The summed E-state index contributed by atoms with van der Waals surface area (Å²) in [5.41, 5.74) is 5.64. The molecule has 0 saturated heterocycles. The van der Waals surface area contributed by atoms with Crippen molar-refractivity contribution >= 4 is 29.1 Å². The number of hydrogen-bond acceptors (Lipinski definition) is 7. The highest BCUT2D eigenvalue weighted by Crippen LogP contribution is 2.28. The van der Waals surface area contributed by atoms with Crippen molar-refractivity contribution in [2.24, 2.45) is 0 Å². The van der Waals surface area contributed by atoms with E-state index in [1.165, 1.54) is 6.07 Å². The van der Waals surface area contributed by atoms with E-state index in [1.807, 2.05) is 20.8 Å². The molecule has 0 spiro atoms. The van der Waals surface area contributed by atoms with Crippen LogP contribution in [0.25, 0.3) is 5.65 Å². The molecule has 0 aliphatic carbocycles. The Morgan fingerprint density at radius 2 is 2.03 bits per heavy atom. The third-order valence-electron chi connectivity index (χ3n) is 4.57. The number of aromatic nitrogens is 3. The molecule has 0 saturated carbocycles. The maximum atomic E-state index is 14.2. The topological polar surface area (TPSA) is 139 Å². The molecule has 1 aliphatic rings. The Bertz CT molecular complexity index is 1270. The Morgan fingerprint density at radius 1 is 1.24 bits per heavy atom. The summed E-state index contributed by atoms with van der Waals surface area (Å²) in [7, 11) is 0. The molecule has 0 fully saturated rings. The van der Waals surface area contributed by atoms with Crippen LogP contribution in [0.2, 0.25) is 0 Å². The van der Waals surface area contributed by atoms with Crippen molar-refractivity contribution in [1.82, 2.24) is 30.8 Å². The highest BCUT2D eigenvalue weighted by Gasteiger charge is 2.21. The van der Waals surface area contributed by atoms with Crippen LogP contribution < -0.4 is 26.2 Å². The Labute approximate surface area is 187 Å². The molecule has 12 heteroatoms. The second-order valence-electron chi connectivity index (χ2n) is 8.43. The summed E-state index contributed by atoms with van der Waals surface area (Å²) in [5, 5.41) is 9.21. The van der Waals surface area contributed by atoms with Crippen molar-refractivity contribution in [1.29, 1.82) is 0 Å². The van der Waals surface area contributed by atoms with Crippen molar-refractivity contribution in [3.05, 3.63) is 53.2 Å². The highest BCUT2D eigenvalue weighted by molar-refractivity contribution is 5.98. The zero-order valence-corrected chi connectivity index (χ0v) is 18.2. The summed E-state index contributed by atoms with van der Waals surface area (Å²) < 4.78 is 20.5. The molecule has 1 aromatic carbocycles. The molecular weight excluding hydrogens is 433 g/mol. The minimum atomic E-state index is -0.770. The number of carbonyl (C=O) groups excluding carboxylic acids is 3. The number of benzene rings is 1. The van der Waals surface area contributed by atoms with Crippen LogP contribution in [0.5, 0.6) is 5.75 Å². The van der Waals surface area contributed by atoms with Crippen molar-refractivity contribution in [3.63, 3.8) is 0 Å². The van der Waals surface area contributed by atoms with Gasteiger partial charge in [-0.15, -0.1) is 0 Å². The predicted octanol–water partition coefficient (Wildman–Crippen LogP) is 1.16. The summed E-state index contributed by atoms with van der Waals surface area (Å²) in [6.45, 7) is 5.59. The van der Waals surface area contributed by atoms with Gasteiger partial charge in [-0.3, -0.25) is 19.8 Å². The third kappa shape index (κ3) is 4.90. The van der Waals surface area contributed by atoms with Crippen LogP contribution in [0, 0.1) is 5.82 Å². The van der Waals surface area contributed by atoms with E-state index in [2.05, 4.69) is 31.6 Å². The first-order valence-corrected chi connectivity index (χ1v) is 10.1. The third-order valence-corrected chi connectivity index (χ3v) is 4.57. The number of halogens is 1. The number of nitrogens with zero attached hydrogens (tertiary/aromatic N) is 3. The zero-order valence-electron chi connectivity index (χ0n) is 18.2. The van der Waals surface area contributed by atoms with Crippen LogP contribution in [-0.2, 0) is 11.3 Å². The van der Waals surface area contributed by atoms with Crippen LogP contribution in [0.15, 0.2) is 30.5 Å². The first-order valence-electron chi connectivity index (χ1n) is 10.1. The lowest BCUT2D eigenvalue weighted by atomic mass is 10.1. The van der Waals surface area contributed by atoms with Gasteiger partial charge in [0.1, 0.15) is 17.1 Å². The number of hydrazine groups is 1. The molecule has 3 amide bonds. The molecule has 4 N–H and O–H groups in total. The second kappa shape index (κ2) is 8.47. The summed E-state index contributed by atoms with van der Waals surface area (Å²) in [6.07, 6.45) is 0.918. The molecule has 0 unspecified atom stereocenters. The fraction of sp³-hybridized carbons (Fsp3) is 0.286. The van der Waals surface area contributed by atoms with Gasteiger partial charge in [0.2, 0.25) is 0 Å². The Morgan fingerprint density at radius 3 is 2.79 bits per heavy atom. The fourth-order valence-electron chi connectivity index (χ4n) is 3.04. The zero-order chi connectivity index (χ0) is 23.8. The van der Waals surface area contributed by atoms with E-state index in [0.29, 0.717) is 17.0 Å². The summed E-state index contributed by atoms with van der Waals surface area (Å²) in [6, 6.07) is 6.33. The lowest BCUT2D eigenvalue weighted by Crippen LogP contribution is -2.49. The molecule has 3 aromatic rings. The first-order chi connectivity index (χ1) is 15.6. The highest BCUT2D eigenvalue weighted by atomic mass is 19.1. The van der Waals surface area contributed by atoms with Crippen LogP contribution in [0.3, 0.4) is 0 Å². The van der Waals surface area contributed by atoms with Crippen LogP contribution in [0.4, 0.5) is 10.1 Å². The van der Waals surface area contributed by atoms with Gasteiger partial charge in [0.05, 0.1) is 11.9 Å². The van der Waals surface area contributed by atoms with Crippen LogP contribution in [0.1, 0.15) is 47.3 Å². The molecule has 0 atom stereocenters. The minimum absolute atomic E-state index is 0.0520. The predicted molar refractivity (Wildman–Crippen MR) is 115 cm³/mol. The molecule has 11 nitrogen and oxygen atoms in total. The number of amides is 3. The van der Waals surface area contributed by atoms with Crippen LogP contribution in [-0.4, -0.2) is 44.5 Å². The number of carbonyl (C=O) groups is 3. The fourth-order valence-corrected chi connectivity index (χ4v) is 3.04. The van der Waals surface area contributed by atoms with E-state index in [-0.39, 0.29) is 36.1 Å². The molecule has 4 rings (SSSR count). The molecule has 0 radical (unpaired) electrons. The molecular formula is C21H22FN7O4. The number of nitrogens with one attached hydrogen (secondary N) is 4. The van der Waals surface area contributed by atoms with Crippen molar-refractivity contribution < 1.29 is 23.5 Å². The Kier molecular flexibility index (Phi) is 5.68. The Hall–Kier alpha value is -4.06. The largest absolute Gasteiger partial charge is 0.482 e. The summed E-state index contributed by atoms with van der Waals surface area (Å²) in [5.74, 6) is -1.73. The van der Waals surface area contributed by atoms with E-state index in [1.54, 1.807) is 18.2 Å². The average molecular weight is 455 g/mol. The molecule has 3 heterocycles. The van der Waals surface area contributed by atoms with Crippen molar-refractivity contribution in [2.45, 2.75) is 32.9 Å². The van der Waals surface area contributed by atoms with E-state index in [4.69, 9.17) is 4.74 Å². The molecule has 1 aliphatic heterocycles. The maximum Gasteiger partial charge on any atom is 0.284 e. The molecule has 172 valence electrons. The normalized spacial score (nSPS) is 13.2. The number of hydrogen-bond donors (Lipinski definition) is 4. The summed E-state index contributed by atoms with van der Waals surface area (Å²) in [4.78, 5) is 40.9. The van der Waals surface area contributed by atoms with E-state index in [0.717, 1.165) is 10.7 Å². The lowest BCUT2D eigenvalue weighted by Gasteiger charge is -2.21. The minimum Gasteiger partial charge on any atom is -0.482 e. The molecule has 0 bridgehead atoms. The van der Waals surface area contributed by atoms with Crippen LogP contribution >= 0.6 is 0 Å². The van der Waals surface area contributed by atoms with E-state index < -0.39 is 23.2 Å². The first kappa shape index (κ1) is 22.1. The summed E-state index contributed by atoms with van der Waals surface area (Å²) >= 11 is 0. The van der Waals surface area contributed by atoms with E-state index in [9.17, 15) is 18.8 Å². The smallest absolute Gasteiger partial charge is 0.284 e. The van der Waals surface area contributed by atoms with Gasteiger partial charge in [0, 0.05) is 18.2 Å². The number of anilines is 1. The average Bonchev–Trinajstić information content (AvgIpc) is 3.15. The van der Waals surface area contributed by atoms with Gasteiger partial charge in [-0.05, 0) is 38.5 Å². The van der Waals surface area contributed by atoms with Crippen molar-refractivity contribution in [2.75, 3.05) is 11.9 Å². The van der Waals surface area contributed by atoms with Gasteiger partial charge in [-0.25, -0.2) is 19.3 Å². The van der Waals surface area contributed by atoms with E-state index >= 15 is 0 Å². The van der Waals surface area contributed by atoms with Gasteiger partial charge in [0.15, 0.2) is 18.1 Å². The molecule has 2 aromatic heterocycles. The standard InChI is InChI=1S/C21H22FN7O4/c1-21(2,3)28-27-20(32)15-7-14(26-18-12(22)9-24-29(15)18)19(31)23-8-11-4-5-16-13(6-11)25-17(30)10-33-16/h4-7,9,28H,8,10H2,1-3H3,(H,23,31)(H,25,30)(H,27,32). The lowest BCUT2D eigenvalue weighted by molar-refractivity contribution is -0.118. The SMILES string of the molecule is CC(C)(C)NNC(=O)c1cc(C(=O)NCc2ccc3c(c2)NC(=O)CO3)nc2c(F)cnn12. The quantitative estimate of drug-likeness (QED) is 0.424. The van der Waals surface area contributed by atoms with Crippen molar-refractivity contribution in [3.8, 4) is 5.75 Å². The van der Waals surface area contributed by atoms with Gasteiger partial charge >= 0.3 is 0 Å². The number of ether oxygens (including phenoxy) is 1. The number of rotatable bonds is 5. The monoisotopic (exact) mass is 455 g/mol. The van der Waals surface area contributed by atoms with Gasteiger partial charge in [-0.1, -0.05) is 6.07 Å². The van der Waals surface area contributed by atoms with Gasteiger partial charge < -0.3 is 15.4 Å². The number of fused-ring (bicyclic) bond motifs is 2. The molecule has 33 heavy (non-hydrogen) atoms. The Balaban J connectivity index is 1.54. The maximum absolute atomic E-state index is 14.2. The van der Waals surface area contributed by atoms with Gasteiger partial charge in [0.25, 0.3) is 17.7 Å². The second-order valence-corrected chi connectivity index (χ2v) is 8.43. The van der Waals surface area contributed by atoms with Gasteiger partial charge in [-0.2, -0.15) is 5.10 Å².